The Kier molecular flexibility index (Phi) is 7.44. The maximum absolute atomic E-state index is 13.7. The zero-order valence-electron chi connectivity index (χ0n) is 22.4. The van der Waals surface area contributed by atoms with Crippen LogP contribution in [0.5, 0.6) is 0 Å². The number of halogens is 3. The predicted molar refractivity (Wildman–Crippen MR) is 150 cm³/mol. The van der Waals surface area contributed by atoms with E-state index in [-0.39, 0.29) is 17.2 Å². The third-order valence-corrected chi connectivity index (χ3v) is 7.74. The average molecular weight is 562 g/mol. The Hall–Kier alpha value is -4.25. The number of hydrogen-bond donors (Lipinski definition) is 2. The van der Waals surface area contributed by atoms with E-state index in [4.69, 9.17) is 0 Å². The molecule has 1 aliphatic carbocycles. The van der Waals surface area contributed by atoms with Gasteiger partial charge in [-0.05, 0) is 93.1 Å². The maximum atomic E-state index is 13.7. The van der Waals surface area contributed by atoms with E-state index >= 15 is 0 Å². The van der Waals surface area contributed by atoms with Crippen molar-refractivity contribution in [3.63, 3.8) is 0 Å². The van der Waals surface area contributed by atoms with E-state index in [0.717, 1.165) is 43.5 Å². The second-order valence-corrected chi connectivity index (χ2v) is 10.5. The number of likely N-dealkylation sites (tertiary alicyclic amines) is 1. The molecule has 4 aromatic rings. The Morgan fingerprint density at radius 3 is 2.41 bits per heavy atom. The van der Waals surface area contributed by atoms with Gasteiger partial charge in [0.25, 0.3) is 11.7 Å². The Balaban J connectivity index is 1.26. The third kappa shape index (κ3) is 6.09. The number of rotatable bonds is 6. The fraction of sp³-hybridized carbons (Fsp3) is 0.333. The van der Waals surface area contributed by atoms with E-state index in [1.807, 2.05) is 24.3 Å². The molecule has 11 heteroatoms. The first kappa shape index (κ1) is 26.9. The number of fused-ring (bicyclic) bond motifs is 1. The molecule has 0 bridgehead atoms. The largest absolute Gasteiger partial charge is 0.453 e. The van der Waals surface area contributed by atoms with Crippen molar-refractivity contribution >= 4 is 23.2 Å². The molecule has 1 amide bonds. The topological polar surface area (TPSA) is 88.0 Å². The molecule has 1 unspecified atom stereocenters. The van der Waals surface area contributed by atoms with Crippen LogP contribution in [0.15, 0.2) is 67.0 Å². The van der Waals surface area contributed by atoms with Gasteiger partial charge in [-0.3, -0.25) is 9.78 Å². The highest BCUT2D eigenvalue weighted by Crippen LogP contribution is 2.32. The first-order chi connectivity index (χ1) is 19.8. The summed E-state index contributed by atoms with van der Waals surface area (Å²) in [7, 11) is 0. The summed E-state index contributed by atoms with van der Waals surface area (Å²) in [6.07, 6.45) is 4.52. The van der Waals surface area contributed by atoms with Crippen molar-refractivity contribution in [2.45, 2.75) is 50.7 Å². The van der Waals surface area contributed by atoms with Crippen LogP contribution in [0.2, 0.25) is 0 Å². The standard InChI is InChI=1S/C30H30F3N7O/c31-30(32,33)28-37-29(36-24-11-8-20-9-12-25(13-10-21(20)16-24)39-14-4-5-15-39)40(38-28)26-17-22(18-34-19-26)27(41)35-23-6-2-1-3-7-23/h1-3,6-8,11,16-19,25H,4-5,9-10,12-15H2,(H,35,41)(H,36,37,38). The van der Waals surface area contributed by atoms with Crippen LogP contribution in [-0.2, 0) is 19.0 Å². The zero-order valence-corrected chi connectivity index (χ0v) is 22.4. The van der Waals surface area contributed by atoms with Crippen molar-refractivity contribution in [2.75, 3.05) is 23.7 Å². The fourth-order valence-corrected chi connectivity index (χ4v) is 5.66. The Bertz CT molecular complexity index is 1530. The number of carbonyl (C=O) groups is 1. The first-order valence-corrected chi connectivity index (χ1v) is 13.8. The number of hydrogen-bond acceptors (Lipinski definition) is 6. The van der Waals surface area contributed by atoms with Gasteiger partial charge in [-0.2, -0.15) is 22.8 Å². The number of benzene rings is 2. The Morgan fingerprint density at radius 1 is 0.902 bits per heavy atom. The molecule has 0 radical (unpaired) electrons. The predicted octanol–water partition coefficient (Wildman–Crippen LogP) is 6.02. The van der Waals surface area contributed by atoms with Crippen molar-refractivity contribution in [3.8, 4) is 5.69 Å². The van der Waals surface area contributed by atoms with Crippen LogP contribution < -0.4 is 10.6 Å². The molecule has 2 aliphatic rings. The molecule has 1 aliphatic heterocycles. The molecule has 0 saturated carbocycles. The van der Waals surface area contributed by atoms with Crippen LogP contribution in [0.25, 0.3) is 5.69 Å². The van der Waals surface area contributed by atoms with Crippen molar-refractivity contribution in [2.24, 2.45) is 0 Å². The van der Waals surface area contributed by atoms with Crippen LogP contribution in [0.1, 0.15) is 53.0 Å². The highest BCUT2D eigenvalue weighted by molar-refractivity contribution is 6.04. The van der Waals surface area contributed by atoms with Crippen LogP contribution >= 0.6 is 0 Å². The molecule has 1 saturated heterocycles. The van der Waals surface area contributed by atoms with E-state index < -0.39 is 17.9 Å². The summed E-state index contributed by atoms with van der Waals surface area (Å²) in [6, 6.07) is 16.8. The molecule has 0 spiro atoms. The number of amides is 1. The molecule has 1 atom stereocenters. The minimum Gasteiger partial charge on any atom is -0.324 e. The summed E-state index contributed by atoms with van der Waals surface area (Å²) in [5, 5.41) is 9.52. The van der Waals surface area contributed by atoms with Gasteiger partial charge < -0.3 is 15.5 Å². The van der Waals surface area contributed by atoms with Gasteiger partial charge in [-0.1, -0.05) is 24.3 Å². The van der Waals surface area contributed by atoms with Gasteiger partial charge in [0.2, 0.25) is 5.95 Å². The molecule has 8 nitrogen and oxygen atoms in total. The zero-order chi connectivity index (χ0) is 28.4. The van der Waals surface area contributed by atoms with E-state index in [0.29, 0.717) is 17.4 Å². The van der Waals surface area contributed by atoms with Gasteiger partial charge in [-0.15, -0.1) is 5.10 Å². The minimum absolute atomic E-state index is 0.122. The Morgan fingerprint density at radius 2 is 1.66 bits per heavy atom. The first-order valence-electron chi connectivity index (χ1n) is 13.8. The lowest BCUT2D eigenvalue weighted by Gasteiger charge is -2.25. The molecule has 3 heterocycles. The van der Waals surface area contributed by atoms with E-state index in [1.165, 1.54) is 42.4 Å². The lowest BCUT2D eigenvalue weighted by Crippen LogP contribution is -2.32. The molecular formula is C30H30F3N7O. The second kappa shape index (κ2) is 11.3. The van der Waals surface area contributed by atoms with Gasteiger partial charge in [0.15, 0.2) is 0 Å². The molecular weight excluding hydrogens is 531 g/mol. The lowest BCUT2D eigenvalue weighted by molar-refractivity contribution is -0.144. The molecule has 2 aromatic heterocycles. The summed E-state index contributed by atoms with van der Waals surface area (Å²) in [6.45, 7) is 2.32. The molecule has 2 N–H and O–H groups in total. The lowest BCUT2D eigenvalue weighted by atomic mass is 10.0. The fourth-order valence-electron chi connectivity index (χ4n) is 5.66. The van der Waals surface area contributed by atoms with Gasteiger partial charge in [-0.25, -0.2) is 0 Å². The van der Waals surface area contributed by atoms with Crippen molar-refractivity contribution < 1.29 is 18.0 Å². The Labute approximate surface area is 235 Å². The number of aryl methyl sites for hydroxylation is 2. The van der Waals surface area contributed by atoms with Crippen molar-refractivity contribution in [1.82, 2.24) is 24.6 Å². The van der Waals surface area contributed by atoms with Gasteiger partial charge in [0.05, 0.1) is 17.4 Å². The van der Waals surface area contributed by atoms with E-state index in [1.54, 1.807) is 24.3 Å². The van der Waals surface area contributed by atoms with Crippen LogP contribution in [0, 0.1) is 0 Å². The molecule has 2 aromatic carbocycles. The van der Waals surface area contributed by atoms with E-state index in [2.05, 4.69) is 30.6 Å². The summed E-state index contributed by atoms with van der Waals surface area (Å²) < 4.78 is 42.0. The summed E-state index contributed by atoms with van der Waals surface area (Å²) in [5.41, 5.74) is 4.01. The summed E-state index contributed by atoms with van der Waals surface area (Å²) in [4.78, 5) is 23.3. The SMILES string of the molecule is O=C(Nc1ccccc1)c1cncc(-n2nc(C(F)(F)F)nc2Nc2ccc3c(c2)CCC(N2CCCC2)CC3)c1. The number of nitrogens with one attached hydrogen (secondary N) is 2. The monoisotopic (exact) mass is 561 g/mol. The average Bonchev–Trinajstić information content (AvgIpc) is 3.61. The van der Waals surface area contributed by atoms with Crippen LogP contribution in [-0.4, -0.2) is 49.7 Å². The summed E-state index contributed by atoms with van der Waals surface area (Å²) in [5.74, 6) is -1.86. The van der Waals surface area contributed by atoms with Crippen molar-refractivity contribution in [3.05, 3.63) is 89.5 Å². The number of pyridine rings is 1. The minimum atomic E-state index is -4.75. The second-order valence-electron chi connectivity index (χ2n) is 10.5. The van der Waals surface area contributed by atoms with Gasteiger partial charge >= 0.3 is 6.18 Å². The van der Waals surface area contributed by atoms with Gasteiger partial charge in [0, 0.05) is 23.6 Å². The number of carbonyl (C=O) groups excluding carboxylic acids is 1. The highest BCUT2D eigenvalue weighted by Gasteiger charge is 2.37. The summed E-state index contributed by atoms with van der Waals surface area (Å²) >= 11 is 0. The molecule has 1 fully saturated rings. The number of anilines is 3. The van der Waals surface area contributed by atoms with Gasteiger partial charge in [0.1, 0.15) is 0 Å². The van der Waals surface area contributed by atoms with E-state index in [9.17, 15) is 18.0 Å². The smallest absolute Gasteiger partial charge is 0.324 e. The van der Waals surface area contributed by atoms with Crippen molar-refractivity contribution in [1.29, 1.82) is 0 Å². The highest BCUT2D eigenvalue weighted by atomic mass is 19.4. The number of alkyl halides is 3. The third-order valence-electron chi connectivity index (χ3n) is 7.74. The number of para-hydroxylation sites is 1. The van der Waals surface area contributed by atoms with Crippen LogP contribution in [0.4, 0.5) is 30.5 Å². The molecule has 6 rings (SSSR count). The quantitative estimate of drug-likeness (QED) is 0.280. The normalized spacial score (nSPS) is 17.6. The maximum Gasteiger partial charge on any atom is 0.453 e. The number of aromatic nitrogens is 4. The molecule has 41 heavy (non-hydrogen) atoms. The number of nitrogens with zero attached hydrogens (tertiary/aromatic N) is 5. The molecule has 212 valence electrons. The van der Waals surface area contributed by atoms with Crippen LogP contribution in [0.3, 0.4) is 0 Å².